The minimum Gasteiger partial charge on any atom is -0.478 e. The molecule has 0 spiro atoms. The monoisotopic (exact) mass is 441 g/mol. The molecule has 0 aliphatic heterocycles. The maximum Gasteiger partial charge on any atom is 0.335 e. The Labute approximate surface area is 177 Å². The number of rotatable bonds is 6. The van der Waals surface area contributed by atoms with Gasteiger partial charge in [0, 0.05) is 11.8 Å². The number of aromatic nitrogens is 4. The molecule has 0 saturated heterocycles. The van der Waals surface area contributed by atoms with Crippen LogP contribution in [0.2, 0.25) is 0 Å². The third-order valence-electron chi connectivity index (χ3n) is 4.13. The van der Waals surface area contributed by atoms with Crippen molar-refractivity contribution in [1.82, 2.24) is 19.7 Å². The highest BCUT2D eigenvalue weighted by Crippen LogP contribution is 2.24. The zero-order chi connectivity index (χ0) is 21.3. The van der Waals surface area contributed by atoms with Crippen molar-refractivity contribution < 1.29 is 14.7 Å². The molecule has 1 amide bonds. The summed E-state index contributed by atoms with van der Waals surface area (Å²) in [6.07, 6.45) is 0. The number of hydrogen-bond donors (Lipinski definition) is 3. The summed E-state index contributed by atoms with van der Waals surface area (Å²) in [5, 5.41) is 20.6. The van der Waals surface area contributed by atoms with Crippen molar-refractivity contribution in [2.75, 3.05) is 11.1 Å². The summed E-state index contributed by atoms with van der Waals surface area (Å²) < 4.78 is 1.87. The second-order valence-corrected chi connectivity index (χ2v) is 8.15. The van der Waals surface area contributed by atoms with Gasteiger partial charge in [-0.3, -0.25) is 19.3 Å². The van der Waals surface area contributed by atoms with Crippen LogP contribution in [0, 0.1) is 6.92 Å². The number of aromatic carboxylic acids is 1. The maximum atomic E-state index is 13.1. The summed E-state index contributed by atoms with van der Waals surface area (Å²) >= 11 is 2.39. The van der Waals surface area contributed by atoms with Crippen molar-refractivity contribution in [3.63, 3.8) is 0 Å². The number of H-pyrrole nitrogens is 1. The number of carbonyl (C=O) groups excluding carboxylic acids is 1. The fourth-order valence-electron chi connectivity index (χ4n) is 2.76. The Morgan fingerprint density at radius 1 is 1.27 bits per heavy atom. The molecular formula is C19H15N5O4S2. The molecule has 0 saturated carbocycles. The third kappa shape index (κ3) is 3.98. The van der Waals surface area contributed by atoms with Crippen LogP contribution in [0.25, 0.3) is 15.9 Å². The van der Waals surface area contributed by atoms with E-state index in [2.05, 4.69) is 20.5 Å². The topological polar surface area (TPSA) is 130 Å². The van der Waals surface area contributed by atoms with Crippen molar-refractivity contribution in [3.8, 4) is 5.69 Å². The van der Waals surface area contributed by atoms with Crippen LogP contribution in [0.3, 0.4) is 0 Å². The Morgan fingerprint density at radius 3 is 2.70 bits per heavy atom. The quantitative estimate of drug-likeness (QED) is 0.310. The molecule has 0 radical (unpaired) electrons. The lowest BCUT2D eigenvalue weighted by molar-refractivity contribution is -0.113. The minimum atomic E-state index is -1.05. The number of thiophene rings is 1. The Kier molecular flexibility index (Phi) is 5.38. The Morgan fingerprint density at radius 2 is 2.03 bits per heavy atom. The van der Waals surface area contributed by atoms with E-state index in [4.69, 9.17) is 5.11 Å². The number of carboxylic acid groups (broad SMARTS) is 1. The Bertz CT molecular complexity index is 1310. The average Bonchev–Trinajstić information content (AvgIpc) is 3.35. The maximum absolute atomic E-state index is 13.1. The molecule has 30 heavy (non-hydrogen) atoms. The predicted octanol–water partition coefficient (Wildman–Crippen LogP) is 2.91. The Hall–Kier alpha value is -3.44. The highest BCUT2D eigenvalue weighted by molar-refractivity contribution is 7.99. The van der Waals surface area contributed by atoms with E-state index in [0.717, 1.165) is 17.5 Å². The fraction of sp³-hybridized carbons (Fsp3) is 0.105. The molecule has 3 N–H and O–H groups in total. The summed E-state index contributed by atoms with van der Waals surface area (Å²) in [7, 11) is 0. The highest BCUT2D eigenvalue weighted by Gasteiger charge is 2.16. The van der Waals surface area contributed by atoms with Crippen molar-refractivity contribution in [2.45, 2.75) is 12.1 Å². The molecule has 0 fully saturated rings. The van der Waals surface area contributed by atoms with Gasteiger partial charge < -0.3 is 10.4 Å². The number of thioether (sulfide) groups is 1. The molecule has 0 unspecified atom stereocenters. The minimum absolute atomic E-state index is 0.0151. The summed E-state index contributed by atoms with van der Waals surface area (Å²) in [6.45, 7) is 1.83. The van der Waals surface area contributed by atoms with E-state index in [9.17, 15) is 14.4 Å². The van der Waals surface area contributed by atoms with Crippen molar-refractivity contribution in [3.05, 3.63) is 63.4 Å². The zero-order valence-electron chi connectivity index (χ0n) is 15.6. The molecule has 152 valence electrons. The predicted molar refractivity (Wildman–Crippen MR) is 115 cm³/mol. The smallest absolute Gasteiger partial charge is 0.335 e. The zero-order valence-corrected chi connectivity index (χ0v) is 17.2. The number of carbonyl (C=O) groups is 2. The second kappa shape index (κ2) is 8.13. The number of fused-ring (bicyclic) bond motifs is 1. The molecule has 0 atom stereocenters. The number of aryl methyl sites for hydroxylation is 1. The first-order valence-electron chi connectivity index (χ1n) is 8.71. The van der Waals surface area contributed by atoms with E-state index in [1.165, 1.54) is 28.0 Å². The molecule has 3 heterocycles. The van der Waals surface area contributed by atoms with E-state index < -0.39 is 5.97 Å². The average molecular weight is 441 g/mol. The highest BCUT2D eigenvalue weighted by atomic mass is 32.2. The molecule has 0 aliphatic rings. The van der Waals surface area contributed by atoms with Gasteiger partial charge in [0.05, 0.1) is 22.5 Å². The van der Waals surface area contributed by atoms with E-state index >= 15 is 0 Å². The van der Waals surface area contributed by atoms with Crippen LogP contribution in [-0.4, -0.2) is 42.5 Å². The fourth-order valence-corrected chi connectivity index (χ4v) is 4.33. The van der Waals surface area contributed by atoms with Gasteiger partial charge in [-0.2, -0.15) is 5.10 Å². The van der Waals surface area contributed by atoms with Crippen LogP contribution < -0.4 is 10.9 Å². The number of hydrogen-bond acceptors (Lipinski definition) is 7. The largest absolute Gasteiger partial charge is 0.478 e. The van der Waals surface area contributed by atoms with Gasteiger partial charge in [-0.05, 0) is 42.6 Å². The van der Waals surface area contributed by atoms with Gasteiger partial charge in [-0.25, -0.2) is 9.78 Å². The van der Waals surface area contributed by atoms with E-state index in [1.807, 2.05) is 6.92 Å². The van der Waals surface area contributed by atoms with Gasteiger partial charge in [-0.15, -0.1) is 11.3 Å². The third-order valence-corrected chi connectivity index (χ3v) is 5.96. The van der Waals surface area contributed by atoms with Crippen LogP contribution in [0.4, 0.5) is 5.82 Å². The van der Waals surface area contributed by atoms with Gasteiger partial charge in [0.25, 0.3) is 5.56 Å². The van der Waals surface area contributed by atoms with Crippen LogP contribution in [-0.2, 0) is 4.79 Å². The second-order valence-electron chi connectivity index (χ2n) is 6.29. The van der Waals surface area contributed by atoms with Crippen LogP contribution in [0.5, 0.6) is 0 Å². The number of amides is 1. The molecule has 3 aromatic heterocycles. The number of aromatic amines is 1. The first kappa shape index (κ1) is 19.9. The van der Waals surface area contributed by atoms with Gasteiger partial charge in [-0.1, -0.05) is 11.8 Å². The van der Waals surface area contributed by atoms with Gasteiger partial charge in [0.2, 0.25) is 5.91 Å². The standard InChI is InChI=1S/C19H15N5O4S2/c1-10-8-14(23-22-10)21-15(25)9-30-19-20-13-6-7-29-16(13)17(26)24(19)12-4-2-11(3-5-12)18(27)28/h2-8H,9H2,1H3,(H,27,28)(H2,21,22,23,25). The first-order valence-corrected chi connectivity index (χ1v) is 10.6. The van der Waals surface area contributed by atoms with Gasteiger partial charge >= 0.3 is 5.97 Å². The lowest BCUT2D eigenvalue weighted by atomic mass is 10.2. The van der Waals surface area contributed by atoms with E-state index in [0.29, 0.717) is 26.9 Å². The van der Waals surface area contributed by atoms with Crippen LogP contribution in [0.15, 0.2) is 51.7 Å². The van der Waals surface area contributed by atoms with E-state index in [-0.39, 0.29) is 22.8 Å². The van der Waals surface area contributed by atoms with Gasteiger partial charge in [0.15, 0.2) is 11.0 Å². The van der Waals surface area contributed by atoms with Crippen molar-refractivity contribution >= 4 is 51.0 Å². The molecule has 4 rings (SSSR count). The SMILES string of the molecule is Cc1cc(NC(=O)CSc2nc3ccsc3c(=O)n2-c2ccc(C(=O)O)cc2)n[nH]1. The molecular weight excluding hydrogens is 426 g/mol. The number of anilines is 1. The molecule has 9 nitrogen and oxygen atoms in total. The molecule has 1 aromatic carbocycles. The first-order chi connectivity index (χ1) is 14.4. The normalized spacial score (nSPS) is 11.0. The molecule has 0 bridgehead atoms. The van der Waals surface area contributed by atoms with Crippen molar-refractivity contribution in [1.29, 1.82) is 0 Å². The van der Waals surface area contributed by atoms with Crippen LogP contribution in [0.1, 0.15) is 16.1 Å². The summed E-state index contributed by atoms with van der Waals surface area (Å²) in [5.41, 5.74) is 1.68. The Balaban J connectivity index is 1.66. The van der Waals surface area contributed by atoms with Crippen LogP contribution >= 0.6 is 23.1 Å². The summed E-state index contributed by atoms with van der Waals surface area (Å²) in [5.74, 6) is -0.915. The van der Waals surface area contributed by atoms with E-state index in [1.54, 1.807) is 29.6 Å². The molecule has 4 aromatic rings. The molecule has 0 aliphatic carbocycles. The van der Waals surface area contributed by atoms with Gasteiger partial charge in [0.1, 0.15) is 4.70 Å². The number of carboxylic acids is 1. The lowest BCUT2D eigenvalue weighted by Gasteiger charge is -2.12. The number of nitrogens with one attached hydrogen (secondary N) is 2. The summed E-state index contributed by atoms with van der Waals surface area (Å²) in [4.78, 5) is 41.0. The number of nitrogens with zero attached hydrogens (tertiary/aromatic N) is 3. The molecule has 11 heteroatoms. The lowest BCUT2D eigenvalue weighted by Crippen LogP contribution is -2.22. The van der Waals surface area contributed by atoms with Crippen molar-refractivity contribution in [2.24, 2.45) is 0 Å². The summed E-state index contributed by atoms with van der Waals surface area (Å²) in [6, 6.07) is 9.38. The number of benzene rings is 1.